The van der Waals surface area contributed by atoms with E-state index in [9.17, 15) is 27.4 Å². The molecule has 0 bridgehead atoms. The molecule has 0 radical (unpaired) electrons. The largest absolute Gasteiger partial charge is 0.344 e. The number of hydrogen-bond acceptors (Lipinski definition) is 5. The van der Waals surface area contributed by atoms with E-state index in [1.54, 1.807) is 12.3 Å². The van der Waals surface area contributed by atoms with Crippen molar-refractivity contribution in [2.75, 3.05) is 18.1 Å². The van der Waals surface area contributed by atoms with Gasteiger partial charge in [0.2, 0.25) is 0 Å². The Hall–Kier alpha value is -3.07. The molecular weight excluding hydrogens is 504 g/mol. The Morgan fingerprint density at radius 3 is 2.49 bits per heavy atom. The molecule has 11 heteroatoms. The normalized spacial score (nSPS) is 23.3. The van der Waals surface area contributed by atoms with E-state index in [4.69, 9.17) is 5.73 Å². The quantitative estimate of drug-likeness (QED) is 0.377. The van der Waals surface area contributed by atoms with Crippen molar-refractivity contribution < 1.29 is 27.4 Å². The van der Waals surface area contributed by atoms with Gasteiger partial charge in [0.15, 0.2) is 7.37 Å². The van der Waals surface area contributed by atoms with Crippen molar-refractivity contribution in [1.82, 2.24) is 9.97 Å². The molecule has 37 heavy (non-hydrogen) atoms. The van der Waals surface area contributed by atoms with Crippen molar-refractivity contribution in [3.63, 3.8) is 0 Å². The van der Waals surface area contributed by atoms with Crippen LogP contribution in [0.25, 0.3) is 11.3 Å². The van der Waals surface area contributed by atoms with Crippen LogP contribution in [0.1, 0.15) is 41.7 Å². The standard InChI is InChI=1S/C26H28F3N4O3P/c1-14-10-15(11-21(30)17(14)13-37(2,35)36)16-8-9-31-12-23(16)33-26(34)22-7-6-20(29)25(32-22)24-18(27)4-3-5-19(24)28/h3-9,12,14-15,17,21H,10-11,13,30H2,1-2H3,(H,33,34)(H,35,36)/t14-,15+,17-,21+/m0/s1. The van der Waals surface area contributed by atoms with Crippen LogP contribution in [0.5, 0.6) is 0 Å². The van der Waals surface area contributed by atoms with Crippen molar-refractivity contribution in [2.24, 2.45) is 17.6 Å². The number of halogens is 3. The number of anilines is 1. The van der Waals surface area contributed by atoms with Crippen LogP contribution < -0.4 is 11.1 Å². The summed E-state index contributed by atoms with van der Waals surface area (Å²) in [4.78, 5) is 30.9. The van der Waals surface area contributed by atoms with E-state index < -0.39 is 42.0 Å². The van der Waals surface area contributed by atoms with Gasteiger partial charge in [-0.1, -0.05) is 13.0 Å². The van der Waals surface area contributed by atoms with Gasteiger partial charge >= 0.3 is 0 Å². The Kier molecular flexibility index (Phi) is 7.83. The van der Waals surface area contributed by atoms with E-state index in [2.05, 4.69) is 15.3 Å². The van der Waals surface area contributed by atoms with Crippen LogP contribution in [0.2, 0.25) is 0 Å². The Morgan fingerprint density at radius 2 is 1.84 bits per heavy atom. The molecule has 0 saturated heterocycles. The number of amides is 1. The summed E-state index contributed by atoms with van der Waals surface area (Å²) in [5.74, 6) is -3.74. The second kappa shape index (κ2) is 10.7. The van der Waals surface area contributed by atoms with Gasteiger partial charge in [0, 0.05) is 25.1 Å². The fourth-order valence-corrected chi connectivity index (χ4v) is 6.54. The molecule has 7 nitrogen and oxygen atoms in total. The minimum Gasteiger partial charge on any atom is -0.344 e. The lowest BCUT2D eigenvalue weighted by molar-refractivity contribution is 0.102. The number of nitrogens with one attached hydrogen (secondary N) is 1. The highest BCUT2D eigenvalue weighted by Gasteiger charge is 2.37. The van der Waals surface area contributed by atoms with Crippen molar-refractivity contribution in [2.45, 2.75) is 31.7 Å². The van der Waals surface area contributed by atoms with E-state index in [1.807, 2.05) is 6.92 Å². The summed E-state index contributed by atoms with van der Waals surface area (Å²) >= 11 is 0. The van der Waals surface area contributed by atoms with Crippen LogP contribution >= 0.6 is 7.37 Å². The van der Waals surface area contributed by atoms with Gasteiger partial charge in [-0.15, -0.1) is 0 Å². The van der Waals surface area contributed by atoms with Crippen LogP contribution in [0.4, 0.5) is 18.9 Å². The molecule has 4 rings (SSSR count). The van der Waals surface area contributed by atoms with Gasteiger partial charge in [-0.2, -0.15) is 0 Å². The van der Waals surface area contributed by atoms with Crippen LogP contribution in [0.3, 0.4) is 0 Å². The minimum atomic E-state index is -3.23. The molecule has 1 aromatic carbocycles. The highest BCUT2D eigenvalue weighted by atomic mass is 31.2. The van der Waals surface area contributed by atoms with Crippen LogP contribution in [-0.4, -0.2) is 39.6 Å². The summed E-state index contributed by atoms with van der Waals surface area (Å²) in [7, 11) is -3.23. The third-order valence-corrected chi connectivity index (χ3v) is 7.96. The Morgan fingerprint density at radius 1 is 1.14 bits per heavy atom. The smallest absolute Gasteiger partial charge is 0.274 e. The van der Waals surface area contributed by atoms with Gasteiger partial charge in [0.25, 0.3) is 5.91 Å². The fourth-order valence-electron chi connectivity index (χ4n) is 5.13. The zero-order valence-electron chi connectivity index (χ0n) is 20.4. The molecule has 1 unspecified atom stereocenters. The molecule has 1 fully saturated rings. The first-order valence-electron chi connectivity index (χ1n) is 11.9. The van der Waals surface area contributed by atoms with Crippen molar-refractivity contribution in [1.29, 1.82) is 0 Å². The highest BCUT2D eigenvalue weighted by Crippen LogP contribution is 2.47. The third kappa shape index (κ3) is 6.09. The number of benzene rings is 1. The maximum Gasteiger partial charge on any atom is 0.274 e. The second-order valence-corrected chi connectivity index (χ2v) is 12.2. The summed E-state index contributed by atoms with van der Waals surface area (Å²) in [6.45, 7) is 3.34. The molecule has 4 N–H and O–H groups in total. The van der Waals surface area contributed by atoms with Crippen LogP contribution in [0, 0.1) is 29.3 Å². The zero-order chi connectivity index (χ0) is 26.9. The summed E-state index contributed by atoms with van der Waals surface area (Å²) in [6.07, 6.45) is 4.47. The van der Waals surface area contributed by atoms with E-state index >= 15 is 0 Å². The van der Waals surface area contributed by atoms with Crippen molar-refractivity contribution in [3.8, 4) is 11.3 Å². The lowest BCUT2D eigenvalue weighted by Crippen LogP contribution is -2.42. The first kappa shape index (κ1) is 27.0. The molecule has 3 aromatic rings. The van der Waals surface area contributed by atoms with Gasteiger partial charge < -0.3 is 15.9 Å². The molecule has 0 spiro atoms. The molecule has 1 aliphatic carbocycles. The Labute approximate surface area is 212 Å². The molecule has 0 aliphatic heterocycles. The number of rotatable bonds is 6. The molecule has 1 aliphatic rings. The van der Waals surface area contributed by atoms with Crippen LogP contribution in [-0.2, 0) is 4.57 Å². The van der Waals surface area contributed by atoms with Crippen LogP contribution in [0.15, 0.2) is 48.8 Å². The average molecular weight is 533 g/mol. The van der Waals surface area contributed by atoms with Gasteiger partial charge in [-0.25, -0.2) is 18.2 Å². The van der Waals surface area contributed by atoms with E-state index in [0.717, 1.165) is 35.9 Å². The molecule has 2 heterocycles. The molecule has 1 amide bonds. The first-order chi connectivity index (χ1) is 17.4. The monoisotopic (exact) mass is 532 g/mol. The van der Waals surface area contributed by atoms with Gasteiger partial charge in [-0.3, -0.25) is 14.3 Å². The molecule has 5 atom stereocenters. The molecular formula is C26H28F3N4O3P. The Bertz CT molecular complexity index is 1330. The Balaban J connectivity index is 1.58. The lowest BCUT2D eigenvalue weighted by Gasteiger charge is -2.40. The van der Waals surface area contributed by atoms with Crippen molar-refractivity contribution in [3.05, 3.63) is 77.5 Å². The van der Waals surface area contributed by atoms with Gasteiger partial charge in [0.1, 0.15) is 28.8 Å². The number of nitrogens with zero attached hydrogens (tertiary/aromatic N) is 2. The van der Waals surface area contributed by atoms with E-state index in [1.165, 1.54) is 12.9 Å². The lowest BCUT2D eigenvalue weighted by atomic mass is 9.70. The first-order valence-corrected chi connectivity index (χ1v) is 14.1. The fraction of sp³-hybridized carbons (Fsp3) is 0.346. The average Bonchev–Trinajstić information content (AvgIpc) is 2.82. The van der Waals surface area contributed by atoms with Gasteiger partial charge in [0.05, 0.1) is 17.4 Å². The number of carbonyl (C=O) groups is 1. The number of nitrogens with two attached hydrogens (primary N) is 1. The maximum absolute atomic E-state index is 14.4. The highest BCUT2D eigenvalue weighted by molar-refractivity contribution is 7.57. The second-order valence-electron chi connectivity index (χ2n) is 9.75. The third-order valence-electron chi connectivity index (χ3n) is 6.86. The molecule has 2 aromatic heterocycles. The summed E-state index contributed by atoms with van der Waals surface area (Å²) in [6, 6.07) is 6.64. The number of aromatic nitrogens is 2. The van der Waals surface area contributed by atoms with E-state index in [0.29, 0.717) is 18.5 Å². The van der Waals surface area contributed by atoms with Gasteiger partial charge in [-0.05, 0) is 66.5 Å². The predicted octanol–water partition coefficient (Wildman–Crippen LogP) is 5.17. The molecule has 1 saturated carbocycles. The summed E-state index contributed by atoms with van der Waals surface area (Å²) in [5, 5.41) is 2.73. The zero-order valence-corrected chi connectivity index (χ0v) is 21.3. The maximum atomic E-state index is 14.4. The topological polar surface area (TPSA) is 118 Å². The minimum absolute atomic E-state index is 0.0428. The number of carbonyl (C=O) groups excluding carboxylic acids is 1. The summed E-state index contributed by atoms with van der Waals surface area (Å²) < 4.78 is 54.9. The predicted molar refractivity (Wildman–Crippen MR) is 135 cm³/mol. The summed E-state index contributed by atoms with van der Waals surface area (Å²) in [5.41, 5.74) is 6.11. The molecule has 196 valence electrons. The SMILES string of the molecule is C[C@H]1C[C@@H](c2ccncc2NC(=O)c2ccc(F)c(-c3c(F)cccc3F)n2)C[C@@H](N)[C@H]1CP(C)(=O)O. The van der Waals surface area contributed by atoms with E-state index in [-0.39, 0.29) is 35.7 Å². The number of pyridine rings is 2. The number of hydrogen-bond donors (Lipinski definition) is 3. The van der Waals surface area contributed by atoms with Crippen molar-refractivity contribution >= 4 is 19.0 Å².